The number of thiol groups is 1. The zero-order valence-electron chi connectivity index (χ0n) is 7.17. The number of methoxy groups -OCH3 is 1. The zero-order chi connectivity index (χ0) is 9.68. The van der Waals surface area contributed by atoms with E-state index in [2.05, 4.69) is 24.5 Å². The third-order valence-electron chi connectivity index (χ3n) is 1.46. The second kappa shape index (κ2) is 4.78. The van der Waals surface area contributed by atoms with Gasteiger partial charge in [0.1, 0.15) is 11.6 Å². The molecule has 0 fully saturated rings. The molecule has 0 radical (unpaired) electrons. The van der Waals surface area contributed by atoms with E-state index in [0.717, 1.165) is 0 Å². The molecule has 0 aliphatic heterocycles. The summed E-state index contributed by atoms with van der Waals surface area (Å²) < 4.78 is 17.8. The lowest BCUT2D eigenvalue weighted by Crippen LogP contribution is -1.88. The summed E-state index contributed by atoms with van der Waals surface area (Å²) in [6, 6.07) is 4.23. The predicted octanol–water partition coefficient (Wildman–Crippen LogP) is 2.12. The summed E-state index contributed by atoms with van der Waals surface area (Å²) in [5.74, 6) is 6.21. The Morgan fingerprint density at radius 3 is 2.92 bits per heavy atom. The summed E-state index contributed by atoms with van der Waals surface area (Å²) in [4.78, 5) is 0. The number of halogens is 1. The summed E-state index contributed by atoms with van der Waals surface area (Å²) in [6.45, 7) is 0. The molecule has 3 heteroatoms. The Labute approximate surface area is 82.3 Å². The van der Waals surface area contributed by atoms with Crippen LogP contribution in [0.2, 0.25) is 0 Å². The summed E-state index contributed by atoms with van der Waals surface area (Å²) in [7, 11) is 1.53. The fraction of sp³-hybridized carbons (Fsp3) is 0.200. The van der Waals surface area contributed by atoms with E-state index in [4.69, 9.17) is 4.74 Å². The molecule has 0 aromatic heterocycles. The minimum Gasteiger partial charge on any atom is -0.495 e. The van der Waals surface area contributed by atoms with E-state index in [1.165, 1.54) is 19.2 Å². The topological polar surface area (TPSA) is 9.23 Å². The molecule has 0 amide bonds. The first kappa shape index (κ1) is 9.94. The molecule has 0 N–H and O–H groups in total. The van der Waals surface area contributed by atoms with Crippen molar-refractivity contribution in [3.63, 3.8) is 0 Å². The predicted molar refractivity (Wildman–Crippen MR) is 53.7 cm³/mol. The SMILES string of the molecule is COc1ccc(F)cc1C#CCS. The van der Waals surface area contributed by atoms with Crippen molar-refractivity contribution >= 4 is 12.6 Å². The Morgan fingerprint density at radius 2 is 2.31 bits per heavy atom. The number of benzene rings is 1. The minimum absolute atomic E-state index is 0.315. The monoisotopic (exact) mass is 196 g/mol. The lowest BCUT2D eigenvalue weighted by Gasteiger charge is -2.01. The first-order valence-electron chi connectivity index (χ1n) is 3.71. The molecule has 0 unspecified atom stereocenters. The molecule has 0 saturated heterocycles. The normalized spacial score (nSPS) is 8.85. The van der Waals surface area contributed by atoms with Gasteiger partial charge in [0.2, 0.25) is 0 Å². The van der Waals surface area contributed by atoms with Gasteiger partial charge in [-0.2, -0.15) is 12.6 Å². The van der Waals surface area contributed by atoms with Gasteiger partial charge in [-0.3, -0.25) is 0 Å². The molecule has 0 heterocycles. The summed E-state index contributed by atoms with van der Waals surface area (Å²) in [5, 5.41) is 0. The molecule has 0 bridgehead atoms. The molecule has 0 atom stereocenters. The molecule has 1 nitrogen and oxygen atoms in total. The Bertz CT molecular complexity index is 352. The van der Waals surface area contributed by atoms with Crippen molar-refractivity contribution in [2.24, 2.45) is 0 Å². The molecule has 0 saturated carbocycles. The quantitative estimate of drug-likeness (QED) is 0.534. The smallest absolute Gasteiger partial charge is 0.134 e. The maximum absolute atomic E-state index is 12.8. The number of rotatable bonds is 1. The molecule has 1 aromatic rings. The maximum Gasteiger partial charge on any atom is 0.134 e. The van der Waals surface area contributed by atoms with Gasteiger partial charge in [0.05, 0.1) is 18.4 Å². The van der Waals surface area contributed by atoms with Crippen LogP contribution in [0.1, 0.15) is 5.56 Å². The standard InChI is InChI=1S/C10H9FOS/c1-12-10-5-4-9(11)7-8(10)3-2-6-13/h4-5,7,13H,6H2,1H3. The van der Waals surface area contributed by atoms with E-state index in [0.29, 0.717) is 17.1 Å². The maximum atomic E-state index is 12.8. The van der Waals surface area contributed by atoms with Gasteiger partial charge in [0, 0.05) is 0 Å². The van der Waals surface area contributed by atoms with Crippen LogP contribution in [0.5, 0.6) is 5.75 Å². The second-order valence-electron chi connectivity index (χ2n) is 2.30. The fourth-order valence-electron chi connectivity index (χ4n) is 0.913. The van der Waals surface area contributed by atoms with Crippen LogP contribution in [0.25, 0.3) is 0 Å². The van der Waals surface area contributed by atoms with Gasteiger partial charge in [-0.1, -0.05) is 11.8 Å². The highest BCUT2D eigenvalue weighted by Gasteiger charge is 2.00. The van der Waals surface area contributed by atoms with Gasteiger partial charge in [0.25, 0.3) is 0 Å². The van der Waals surface area contributed by atoms with Crippen molar-refractivity contribution in [3.05, 3.63) is 29.6 Å². The number of hydrogen-bond donors (Lipinski definition) is 1. The van der Waals surface area contributed by atoms with Crippen LogP contribution in [0, 0.1) is 17.7 Å². The molecule has 0 spiro atoms. The van der Waals surface area contributed by atoms with Crippen molar-refractivity contribution in [3.8, 4) is 17.6 Å². The van der Waals surface area contributed by atoms with E-state index in [9.17, 15) is 4.39 Å². The molecule has 1 aromatic carbocycles. The third kappa shape index (κ3) is 2.67. The van der Waals surface area contributed by atoms with Crippen molar-refractivity contribution < 1.29 is 9.13 Å². The Balaban J connectivity index is 3.08. The minimum atomic E-state index is -0.315. The summed E-state index contributed by atoms with van der Waals surface area (Å²) in [6.07, 6.45) is 0. The van der Waals surface area contributed by atoms with E-state index in [-0.39, 0.29) is 5.82 Å². The molecule has 0 aliphatic carbocycles. The van der Waals surface area contributed by atoms with E-state index in [1.807, 2.05) is 0 Å². The van der Waals surface area contributed by atoms with Gasteiger partial charge in [-0.15, -0.1) is 0 Å². The van der Waals surface area contributed by atoms with Crippen LogP contribution < -0.4 is 4.74 Å². The first-order chi connectivity index (χ1) is 6.27. The van der Waals surface area contributed by atoms with Crippen molar-refractivity contribution in [2.75, 3.05) is 12.9 Å². The van der Waals surface area contributed by atoms with Crippen molar-refractivity contribution in [1.29, 1.82) is 0 Å². The van der Waals surface area contributed by atoms with Gasteiger partial charge in [-0.05, 0) is 18.2 Å². The van der Waals surface area contributed by atoms with Crippen LogP contribution in [0.15, 0.2) is 18.2 Å². The largest absolute Gasteiger partial charge is 0.495 e. The van der Waals surface area contributed by atoms with E-state index in [1.54, 1.807) is 6.07 Å². The van der Waals surface area contributed by atoms with Gasteiger partial charge < -0.3 is 4.74 Å². The first-order valence-corrected chi connectivity index (χ1v) is 4.34. The number of hydrogen-bond acceptors (Lipinski definition) is 2. The average molecular weight is 196 g/mol. The number of ether oxygens (including phenoxy) is 1. The molecular weight excluding hydrogens is 187 g/mol. The molecule has 0 aliphatic rings. The van der Waals surface area contributed by atoms with Crippen LogP contribution in [0.4, 0.5) is 4.39 Å². The highest BCUT2D eigenvalue weighted by atomic mass is 32.1. The zero-order valence-corrected chi connectivity index (χ0v) is 8.07. The van der Waals surface area contributed by atoms with Crippen molar-refractivity contribution in [1.82, 2.24) is 0 Å². The summed E-state index contributed by atoms with van der Waals surface area (Å²) >= 11 is 3.93. The van der Waals surface area contributed by atoms with Crippen molar-refractivity contribution in [2.45, 2.75) is 0 Å². The molecule has 13 heavy (non-hydrogen) atoms. The molecular formula is C10H9FOS. The second-order valence-corrected chi connectivity index (χ2v) is 2.62. The summed E-state index contributed by atoms with van der Waals surface area (Å²) in [5.41, 5.74) is 0.552. The van der Waals surface area contributed by atoms with Gasteiger partial charge >= 0.3 is 0 Å². The van der Waals surface area contributed by atoms with Crippen LogP contribution >= 0.6 is 12.6 Å². The van der Waals surface area contributed by atoms with E-state index < -0.39 is 0 Å². The molecule has 68 valence electrons. The Kier molecular flexibility index (Phi) is 3.66. The highest BCUT2D eigenvalue weighted by Crippen LogP contribution is 2.17. The Hall–Kier alpha value is -1.14. The lowest BCUT2D eigenvalue weighted by molar-refractivity contribution is 0.412. The third-order valence-corrected chi connectivity index (χ3v) is 1.62. The molecule has 1 rings (SSSR count). The fourth-order valence-corrected chi connectivity index (χ4v) is 0.992. The van der Waals surface area contributed by atoms with Crippen LogP contribution in [0.3, 0.4) is 0 Å². The Morgan fingerprint density at radius 1 is 1.54 bits per heavy atom. The lowest BCUT2D eigenvalue weighted by atomic mass is 10.2. The van der Waals surface area contributed by atoms with Crippen LogP contribution in [-0.2, 0) is 0 Å². The average Bonchev–Trinajstić information content (AvgIpc) is 2.15. The van der Waals surface area contributed by atoms with E-state index >= 15 is 0 Å². The highest BCUT2D eigenvalue weighted by molar-refractivity contribution is 7.80. The van der Waals surface area contributed by atoms with Gasteiger partial charge in [0.15, 0.2) is 0 Å². The van der Waals surface area contributed by atoms with Gasteiger partial charge in [-0.25, -0.2) is 4.39 Å². The van der Waals surface area contributed by atoms with Crippen LogP contribution in [-0.4, -0.2) is 12.9 Å².